The zero-order valence-corrected chi connectivity index (χ0v) is 12.3. The number of fused-ring (bicyclic) bond motifs is 1. The second-order valence-corrected chi connectivity index (χ2v) is 5.87. The lowest BCUT2D eigenvalue weighted by atomic mass is 10.1. The maximum atomic E-state index is 4.68. The SMILES string of the molecule is CCNc1nc(C)c2c(n1)N(C1CC1)CC(Br)=C2. The van der Waals surface area contributed by atoms with Gasteiger partial charge < -0.3 is 10.2 Å². The third-order valence-electron chi connectivity index (χ3n) is 3.33. The molecule has 4 nitrogen and oxygen atoms in total. The van der Waals surface area contributed by atoms with Gasteiger partial charge in [-0.15, -0.1) is 0 Å². The highest BCUT2D eigenvalue weighted by Gasteiger charge is 2.34. The molecule has 96 valence electrons. The minimum Gasteiger partial charge on any atom is -0.354 e. The summed E-state index contributed by atoms with van der Waals surface area (Å²) >= 11 is 3.63. The van der Waals surface area contributed by atoms with Crippen molar-refractivity contribution in [2.24, 2.45) is 0 Å². The minimum atomic E-state index is 0.661. The third-order valence-corrected chi connectivity index (χ3v) is 3.81. The molecule has 1 fully saturated rings. The van der Waals surface area contributed by atoms with Gasteiger partial charge in [0.05, 0.1) is 12.2 Å². The lowest BCUT2D eigenvalue weighted by Gasteiger charge is -2.29. The van der Waals surface area contributed by atoms with Crippen molar-refractivity contribution in [2.45, 2.75) is 32.7 Å². The summed E-state index contributed by atoms with van der Waals surface area (Å²) < 4.78 is 1.21. The quantitative estimate of drug-likeness (QED) is 0.932. The molecule has 0 saturated heterocycles. The van der Waals surface area contributed by atoms with E-state index >= 15 is 0 Å². The Balaban J connectivity index is 2.07. The van der Waals surface area contributed by atoms with Crippen molar-refractivity contribution in [1.82, 2.24) is 9.97 Å². The van der Waals surface area contributed by atoms with Crippen LogP contribution in [0.1, 0.15) is 31.0 Å². The molecule has 0 radical (unpaired) electrons. The number of aromatic nitrogens is 2. The normalized spacial score (nSPS) is 18.4. The van der Waals surface area contributed by atoms with Gasteiger partial charge in [0.25, 0.3) is 0 Å². The van der Waals surface area contributed by atoms with E-state index in [-0.39, 0.29) is 0 Å². The van der Waals surface area contributed by atoms with Crippen molar-refractivity contribution in [3.05, 3.63) is 15.7 Å². The largest absolute Gasteiger partial charge is 0.354 e. The molecule has 0 bridgehead atoms. The highest BCUT2D eigenvalue weighted by Crippen LogP contribution is 2.38. The van der Waals surface area contributed by atoms with Gasteiger partial charge in [-0.2, -0.15) is 4.98 Å². The molecule has 1 saturated carbocycles. The van der Waals surface area contributed by atoms with Gasteiger partial charge in [0.15, 0.2) is 0 Å². The highest BCUT2D eigenvalue weighted by molar-refractivity contribution is 9.11. The van der Waals surface area contributed by atoms with Gasteiger partial charge in [-0.25, -0.2) is 4.98 Å². The molecule has 0 atom stereocenters. The number of hydrogen-bond acceptors (Lipinski definition) is 4. The molecule has 2 aliphatic rings. The summed E-state index contributed by atoms with van der Waals surface area (Å²) in [7, 11) is 0. The van der Waals surface area contributed by atoms with Crippen LogP contribution in [0.25, 0.3) is 6.08 Å². The maximum absolute atomic E-state index is 4.68. The van der Waals surface area contributed by atoms with Crippen LogP contribution in [0, 0.1) is 6.92 Å². The molecule has 1 N–H and O–H groups in total. The molecular formula is C13H17BrN4. The summed E-state index contributed by atoms with van der Waals surface area (Å²) in [5.74, 6) is 1.83. The molecule has 1 aliphatic heterocycles. The number of hydrogen-bond donors (Lipinski definition) is 1. The minimum absolute atomic E-state index is 0.661. The van der Waals surface area contributed by atoms with Crippen LogP contribution in [0.2, 0.25) is 0 Å². The first kappa shape index (κ1) is 12.0. The summed E-state index contributed by atoms with van der Waals surface area (Å²) in [5, 5.41) is 3.21. The number of rotatable bonds is 3. The van der Waals surface area contributed by atoms with Crippen molar-refractivity contribution in [3.8, 4) is 0 Å². The number of aryl methyl sites for hydroxylation is 1. The molecule has 1 aliphatic carbocycles. The average Bonchev–Trinajstić information content (AvgIpc) is 3.14. The molecule has 3 rings (SSSR count). The van der Waals surface area contributed by atoms with E-state index in [1.807, 2.05) is 0 Å². The Morgan fingerprint density at radius 3 is 2.89 bits per heavy atom. The van der Waals surface area contributed by atoms with Crippen molar-refractivity contribution >= 4 is 33.8 Å². The second kappa shape index (κ2) is 4.53. The van der Waals surface area contributed by atoms with E-state index in [0.717, 1.165) is 36.1 Å². The van der Waals surface area contributed by atoms with Crippen LogP contribution < -0.4 is 10.2 Å². The van der Waals surface area contributed by atoms with Crippen molar-refractivity contribution in [2.75, 3.05) is 23.3 Å². The zero-order valence-electron chi connectivity index (χ0n) is 10.7. The van der Waals surface area contributed by atoms with Crippen molar-refractivity contribution in [1.29, 1.82) is 0 Å². The van der Waals surface area contributed by atoms with Gasteiger partial charge in [0, 0.05) is 22.6 Å². The molecule has 0 aromatic carbocycles. The number of nitrogens with one attached hydrogen (secondary N) is 1. The van der Waals surface area contributed by atoms with Gasteiger partial charge in [0.2, 0.25) is 5.95 Å². The van der Waals surface area contributed by atoms with E-state index in [4.69, 9.17) is 0 Å². The van der Waals surface area contributed by atoms with E-state index in [1.165, 1.54) is 17.3 Å². The molecule has 0 amide bonds. The number of nitrogens with zero attached hydrogens (tertiary/aromatic N) is 3. The highest BCUT2D eigenvalue weighted by atomic mass is 79.9. The lowest BCUT2D eigenvalue weighted by molar-refractivity contribution is 0.821. The molecule has 0 spiro atoms. The van der Waals surface area contributed by atoms with Crippen LogP contribution >= 0.6 is 15.9 Å². The van der Waals surface area contributed by atoms with E-state index in [1.54, 1.807) is 0 Å². The summed E-state index contributed by atoms with van der Waals surface area (Å²) in [6.07, 6.45) is 4.71. The van der Waals surface area contributed by atoms with Gasteiger partial charge >= 0.3 is 0 Å². The van der Waals surface area contributed by atoms with Gasteiger partial charge in [0.1, 0.15) is 5.82 Å². The first-order valence-corrected chi connectivity index (χ1v) is 7.23. The van der Waals surface area contributed by atoms with E-state index < -0.39 is 0 Å². The van der Waals surface area contributed by atoms with Crippen molar-refractivity contribution < 1.29 is 0 Å². The van der Waals surface area contributed by atoms with E-state index in [0.29, 0.717) is 6.04 Å². The van der Waals surface area contributed by atoms with Gasteiger partial charge in [-0.3, -0.25) is 0 Å². The smallest absolute Gasteiger partial charge is 0.224 e. The Labute approximate surface area is 116 Å². The van der Waals surface area contributed by atoms with Crippen LogP contribution in [0.15, 0.2) is 4.48 Å². The van der Waals surface area contributed by atoms with Crippen molar-refractivity contribution in [3.63, 3.8) is 0 Å². The Morgan fingerprint density at radius 1 is 1.44 bits per heavy atom. The fourth-order valence-electron chi connectivity index (χ4n) is 2.32. The molecule has 0 unspecified atom stereocenters. The van der Waals surface area contributed by atoms with Crippen LogP contribution in [0.4, 0.5) is 11.8 Å². The summed E-state index contributed by atoms with van der Waals surface area (Å²) in [6.45, 7) is 5.89. The summed E-state index contributed by atoms with van der Waals surface area (Å²) in [5.41, 5.74) is 2.19. The Hall–Kier alpha value is -1.10. The molecule has 1 aromatic heterocycles. The Bertz CT molecular complexity index is 508. The standard InChI is InChI=1S/C13H17BrN4/c1-3-15-13-16-8(2)11-6-9(14)7-18(10-4-5-10)12(11)17-13/h6,10H,3-5,7H2,1-2H3,(H,15,16,17). The first-order valence-electron chi connectivity index (χ1n) is 6.44. The topological polar surface area (TPSA) is 41.1 Å². The monoisotopic (exact) mass is 308 g/mol. The number of halogens is 1. The lowest BCUT2D eigenvalue weighted by Crippen LogP contribution is -2.31. The predicted octanol–water partition coefficient (Wildman–Crippen LogP) is 2.94. The first-order chi connectivity index (χ1) is 8.69. The van der Waals surface area contributed by atoms with Crippen LogP contribution in [0.5, 0.6) is 0 Å². The number of anilines is 2. The van der Waals surface area contributed by atoms with Gasteiger partial charge in [-0.05, 0) is 32.8 Å². The fraction of sp³-hybridized carbons (Fsp3) is 0.538. The molecule has 2 heterocycles. The molecular weight excluding hydrogens is 292 g/mol. The van der Waals surface area contributed by atoms with Crippen LogP contribution in [0.3, 0.4) is 0 Å². The Morgan fingerprint density at radius 2 is 2.22 bits per heavy atom. The second-order valence-electron chi connectivity index (χ2n) is 4.85. The van der Waals surface area contributed by atoms with Gasteiger partial charge in [-0.1, -0.05) is 15.9 Å². The predicted molar refractivity (Wildman–Crippen MR) is 78.2 cm³/mol. The third kappa shape index (κ3) is 2.11. The zero-order chi connectivity index (χ0) is 12.7. The summed E-state index contributed by atoms with van der Waals surface area (Å²) in [6, 6.07) is 0.661. The van der Waals surface area contributed by atoms with Crippen LogP contribution in [-0.2, 0) is 0 Å². The fourth-order valence-corrected chi connectivity index (χ4v) is 2.82. The van der Waals surface area contributed by atoms with E-state index in [2.05, 4.69) is 56.0 Å². The average molecular weight is 309 g/mol. The Kier molecular flexibility index (Phi) is 3.01. The van der Waals surface area contributed by atoms with Crippen LogP contribution in [-0.4, -0.2) is 29.1 Å². The molecule has 18 heavy (non-hydrogen) atoms. The summed E-state index contributed by atoms with van der Waals surface area (Å²) in [4.78, 5) is 11.6. The molecule has 5 heteroatoms. The maximum Gasteiger partial charge on any atom is 0.224 e. The van der Waals surface area contributed by atoms with E-state index in [9.17, 15) is 0 Å². The molecule has 1 aromatic rings.